The molecule has 1 aromatic heterocycles. The van der Waals surface area contributed by atoms with Crippen LogP contribution in [0.4, 0.5) is 0 Å². The molecule has 5 nitrogen and oxygen atoms in total. The van der Waals surface area contributed by atoms with Crippen LogP contribution in [0.3, 0.4) is 0 Å². The smallest absolute Gasteiger partial charge is 0.140 e. The van der Waals surface area contributed by atoms with Gasteiger partial charge in [-0.2, -0.15) is 5.26 Å². The van der Waals surface area contributed by atoms with E-state index in [4.69, 9.17) is 0 Å². The predicted octanol–water partition coefficient (Wildman–Crippen LogP) is 1.70. The van der Waals surface area contributed by atoms with E-state index in [2.05, 4.69) is 46.6 Å². The number of aromatic amines is 1. The number of H-pyrrole nitrogens is 1. The van der Waals surface area contributed by atoms with E-state index in [0.29, 0.717) is 0 Å². The van der Waals surface area contributed by atoms with E-state index in [-0.39, 0.29) is 11.6 Å². The highest BCUT2D eigenvalue weighted by Gasteiger charge is 2.30. The molecule has 1 fully saturated rings. The Balaban J connectivity index is 2.02. The van der Waals surface area contributed by atoms with E-state index >= 15 is 0 Å². The number of nitrogens with zero attached hydrogens (tertiary/aromatic N) is 4. The number of nitriles is 1. The molecule has 1 aromatic rings. The quantitative estimate of drug-likeness (QED) is 0.880. The third kappa shape index (κ3) is 3.14. The van der Waals surface area contributed by atoms with E-state index in [1.165, 1.54) is 0 Å². The van der Waals surface area contributed by atoms with Crippen molar-refractivity contribution in [2.45, 2.75) is 39.3 Å². The Morgan fingerprint density at radius 1 is 1.32 bits per heavy atom. The topological polar surface area (TPSA) is 59.0 Å². The molecule has 2 rings (SSSR count). The molecule has 1 unspecified atom stereocenters. The Labute approximate surface area is 115 Å². The second-order valence-corrected chi connectivity index (χ2v) is 6.15. The number of hydrogen-bond donors (Lipinski definition) is 1. The Kier molecular flexibility index (Phi) is 3.93. The summed E-state index contributed by atoms with van der Waals surface area (Å²) in [5.41, 5.74) is 1.11. The SMILES string of the molecule is Cc1ncc(C(C#N)N2CCN(C(C)(C)C)CC2)[nH]1. The Bertz CT molecular complexity index is 457. The molecule has 104 valence electrons. The van der Waals surface area contributed by atoms with Crippen molar-refractivity contribution >= 4 is 0 Å². The molecule has 5 heteroatoms. The second kappa shape index (κ2) is 5.32. The molecule has 1 atom stereocenters. The minimum absolute atomic E-state index is 0.205. The molecule has 1 saturated heterocycles. The van der Waals surface area contributed by atoms with E-state index in [1.54, 1.807) is 6.20 Å². The fourth-order valence-electron chi connectivity index (χ4n) is 2.58. The summed E-state index contributed by atoms with van der Waals surface area (Å²) in [6, 6.07) is 2.19. The van der Waals surface area contributed by atoms with Crippen molar-refractivity contribution < 1.29 is 0 Å². The molecule has 0 aromatic carbocycles. The first-order chi connectivity index (χ1) is 8.91. The van der Waals surface area contributed by atoms with Crippen LogP contribution in [0.5, 0.6) is 0 Å². The summed E-state index contributed by atoms with van der Waals surface area (Å²) < 4.78 is 0. The van der Waals surface area contributed by atoms with Crippen LogP contribution < -0.4 is 0 Å². The number of hydrogen-bond acceptors (Lipinski definition) is 4. The van der Waals surface area contributed by atoms with Gasteiger partial charge in [-0.05, 0) is 27.7 Å². The van der Waals surface area contributed by atoms with Gasteiger partial charge >= 0.3 is 0 Å². The molecule has 1 aliphatic rings. The monoisotopic (exact) mass is 261 g/mol. The zero-order valence-corrected chi connectivity index (χ0v) is 12.3. The summed E-state index contributed by atoms with van der Waals surface area (Å²) in [5, 5.41) is 9.41. The van der Waals surface area contributed by atoms with Crippen LogP contribution in [0.25, 0.3) is 0 Å². The summed E-state index contributed by atoms with van der Waals surface area (Å²) in [7, 11) is 0. The molecule has 0 amide bonds. The first-order valence-corrected chi connectivity index (χ1v) is 6.82. The fraction of sp³-hybridized carbons (Fsp3) is 0.714. The van der Waals surface area contributed by atoms with Gasteiger partial charge in [-0.15, -0.1) is 0 Å². The van der Waals surface area contributed by atoms with Crippen molar-refractivity contribution in [1.29, 1.82) is 5.26 Å². The average Bonchev–Trinajstić information content (AvgIpc) is 2.76. The maximum Gasteiger partial charge on any atom is 0.140 e. The van der Waals surface area contributed by atoms with Gasteiger partial charge in [0, 0.05) is 31.7 Å². The number of nitrogens with one attached hydrogen (secondary N) is 1. The van der Waals surface area contributed by atoms with Gasteiger partial charge in [0.1, 0.15) is 11.9 Å². The van der Waals surface area contributed by atoms with Gasteiger partial charge in [0.2, 0.25) is 0 Å². The lowest BCUT2D eigenvalue weighted by molar-refractivity contribution is 0.0513. The van der Waals surface area contributed by atoms with Crippen molar-refractivity contribution in [2.75, 3.05) is 26.2 Å². The summed E-state index contributed by atoms with van der Waals surface area (Å²) in [6.07, 6.45) is 1.78. The summed E-state index contributed by atoms with van der Waals surface area (Å²) >= 11 is 0. The minimum Gasteiger partial charge on any atom is -0.344 e. The van der Waals surface area contributed by atoms with Crippen LogP contribution in [-0.2, 0) is 0 Å². The number of aromatic nitrogens is 2. The van der Waals surface area contributed by atoms with Crippen LogP contribution in [-0.4, -0.2) is 51.5 Å². The number of imidazole rings is 1. The number of piperazine rings is 1. The van der Waals surface area contributed by atoms with Crippen molar-refractivity contribution in [3.63, 3.8) is 0 Å². The average molecular weight is 261 g/mol. The molecule has 0 saturated carbocycles. The van der Waals surface area contributed by atoms with Gasteiger partial charge in [0.05, 0.1) is 18.0 Å². The van der Waals surface area contributed by atoms with Crippen LogP contribution in [0.1, 0.15) is 38.3 Å². The molecular formula is C14H23N5. The van der Waals surface area contributed by atoms with E-state index in [1.807, 2.05) is 6.92 Å². The standard InChI is InChI=1S/C14H23N5/c1-11-16-10-12(17-11)13(9-15)18-5-7-19(8-6-18)14(2,3)4/h10,13H,5-8H2,1-4H3,(H,16,17). The summed E-state index contributed by atoms with van der Waals surface area (Å²) in [4.78, 5) is 12.1. The van der Waals surface area contributed by atoms with Crippen LogP contribution in [0, 0.1) is 18.3 Å². The van der Waals surface area contributed by atoms with Gasteiger partial charge in [-0.25, -0.2) is 4.98 Å². The lowest BCUT2D eigenvalue weighted by atomic mass is 10.0. The Morgan fingerprint density at radius 2 is 1.95 bits per heavy atom. The van der Waals surface area contributed by atoms with Crippen LogP contribution >= 0.6 is 0 Å². The molecule has 0 aliphatic carbocycles. The first kappa shape index (κ1) is 14.0. The first-order valence-electron chi connectivity index (χ1n) is 6.82. The maximum atomic E-state index is 9.41. The van der Waals surface area contributed by atoms with Crippen molar-refractivity contribution in [3.05, 3.63) is 17.7 Å². The molecule has 0 spiro atoms. The third-order valence-corrected chi connectivity index (χ3v) is 3.77. The maximum absolute atomic E-state index is 9.41. The zero-order valence-electron chi connectivity index (χ0n) is 12.3. The highest BCUT2D eigenvalue weighted by atomic mass is 15.3. The largest absolute Gasteiger partial charge is 0.344 e. The molecule has 0 radical (unpaired) electrons. The van der Waals surface area contributed by atoms with Crippen molar-refractivity contribution in [2.24, 2.45) is 0 Å². The second-order valence-electron chi connectivity index (χ2n) is 6.15. The summed E-state index contributed by atoms with van der Waals surface area (Å²) in [5.74, 6) is 0.864. The normalized spacial score (nSPS) is 20.2. The molecular weight excluding hydrogens is 238 g/mol. The van der Waals surface area contributed by atoms with Gasteiger partial charge in [0.15, 0.2) is 0 Å². The number of aryl methyl sites for hydroxylation is 1. The lowest BCUT2D eigenvalue weighted by Crippen LogP contribution is -2.53. The van der Waals surface area contributed by atoms with Gasteiger partial charge in [-0.3, -0.25) is 9.80 Å². The molecule has 2 heterocycles. The van der Waals surface area contributed by atoms with Crippen molar-refractivity contribution in [1.82, 2.24) is 19.8 Å². The molecule has 1 aliphatic heterocycles. The Morgan fingerprint density at radius 3 is 2.37 bits per heavy atom. The van der Waals surface area contributed by atoms with E-state index < -0.39 is 0 Å². The molecule has 1 N–H and O–H groups in total. The van der Waals surface area contributed by atoms with Crippen LogP contribution in [0.2, 0.25) is 0 Å². The van der Waals surface area contributed by atoms with Crippen LogP contribution in [0.15, 0.2) is 6.20 Å². The number of rotatable bonds is 2. The highest BCUT2D eigenvalue weighted by Crippen LogP contribution is 2.22. The van der Waals surface area contributed by atoms with Crippen molar-refractivity contribution in [3.8, 4) is 6.07 Å². The Hall–Kier alpha value is -1.38. The third-order valence-electron chi connectivity index (χ3n) is 3.77. The van der Waals surface area contributed by atoms with Gasteiger partial charge < -0.3 is 4.98 Å². The highest BCUT2D eigenvalue weighted by molar-refractivity contribution is 5.14. The summed E-state index contributed by atoms with van der Waals surface area (Å²) in [6.45, 7) is 12.5. The van der Waals surface area contributed by atoms with E-state index in [9.17, 15) is 5.26 Å². The predicted molar refractivity (Wildman–Crippen MR) is 74.6 cm³/mol. The fourth-order valence-corrected chi connectivity index (χ4v) is 2.58. The van der Waals surface area contributed by atoms with Gasteiger partial charge in [0.25, 0.3) is 0 Å². The molecule has 19 heavy (non-hydrogen) atoms. The zero-order chi connectivity index (χ0) is 14.0. The minimum atomic E-state index is -0.205. The lowest BCUT2D eigenvalue weighted by Gasteiger charge is -2.43. The van der Waals surface area contributed by atoms with Gasteiger partial charge in [-0.1, -0.05) is 0 Å². The van der Waals surface area contributed by atoms with E-state index in [0.717, 1.165) is 37.7 Å². The molecule has 0 bridgehead atoms.